The van der Waals surface area contributed by atoms with Gasteiger partial charge in [0.2, 0.25) is 0 Å². The molecule has 1 radical (unpaired) electrons. The van der Waals surface area contributed by atoms with Gasteiger partial charge in [-0.1, -0.05) is 12.1 Å². The summed E-state index contributed by atoms with van der Waals surface area (Å²) in [5, 5.41) is 0. The SMILES string of the molecule is CC(C)Oc1ccccc1Oc1[c]ccc(C(F)(F)F)c1. The standard InChI is InChI=1S/C16H14F3O2/c1-11(2)20-14-8-3-4-9-15(14)21-13-7-5-6-12(10-13)16(17,18)19/h3-6,8-11H,1-2H3. The summed E-state index contributed by atoms with van der Waals surface area (Å²) in [6, 6.07) is 12.5. The average molecular weight is 295 g/mol. The number of hydrogen-bond acceptors (Lipinski definition) is 2. The summed E-state index contributed by atoms with van der Waals surface area (Å²) >= 11 is 0. The third kappa shape index (κ3) is 4.15. The predicted molar refractivity (Wildman–Crippen MR) is 72.6 cm³/mol. The first-order valence-electron chi connectivity index (χ1n) is 6.39. The fourth-order valence-electron chi connectivity index (χ4n) is 1.68. The fourth-order valence-corrected chi connectivity index (χ4v) is 1.68. The summed E-state index contributed by atoms with van der Waals surface area (Å²) < 4.78 is 49.0. The Labute approximate surface area is 121 Å². The van der Waals surface area contributed by atoms with Crippen LogP contribution in [-0.2, 0) is 6.18 Å². The molecule has 0 fully saturated rings. The zero-order valence-electron chi connectivity index (χ0n) is 11.6. The molecule has 5 heteroatoms. The van der Waals surface area contributed by atoms with Gasteiger partial charge in [-0.15, -0.1) is 0 Å². The van der Waals surface area contributed by atoms with Gasteiger partial charge in [-0.05, 0) is 44.2 Å². The number of alkyl halides is 3. The molecule has 0 bridgehead atoms. The molecule has 0 saturated carbocycles. The predicted octanol–water partition coefficient (Wildman–Crippen LogP) is 5.09. The van der Waals surface area contributed by atoms with E-state index in [1.165, 1.54) is 6.07 Å². The lowest BCUT2D eigenvalue weighted by atomic mass is 10.2. The Morgan fingerprint density at radius 1 is 1.05 bits per heavy atom. The van der Waals surface area contributed by atoms with Gasteiger partial charge in [0.05, 0.1) is 11.7 Å². The van der Waals surface area contributed by atoms with Crippen LogP contribution in [0, 0.1) is 6.07 Å². The summed E-state index contributed by atoms with van der Waals surface area (Å²) in [5.41, 5.74) is -0.779. The smallest absolute Gasteiger partial charge is 0.416 e. The van der Waals surface area contributed by atoms with Crippen molar-refractivity contribution in [3.8, 4) is 17.2 Å². The number of rotatable bonds is 4. The second-order valence-electron chi connectivity index (χ2n) is 4.65. The van der Waals surface area contributed by atoms with Crippen molar-refractivity contribution >= 4 is 0 Å². The topological polar surface area (TPSA) is 18.5 Å². The van der Waals surface area contributed by atoms with Gasteiger partial charge < -0.3 is 9.47 Å². The summed E-state index contributed by atoms with van der Waals surface area (Å²) in [6.07, 6.45) is -4.48. The summed E-state index contributed by atoms with van der Waals surface area (Å²) in [6.45, 7) is 3.71. The van der Waals surface area contributed by atoms with Crippen molar-refractivity contribution in [3.05, 3.63) is 54.1 Å². The molecule has 0 spiro atoms. The molecule has 21 heavy (non-hydrogen) atoms. The van der Waals surface area contributed by atoms with E-state index in [4.69, 9.17) is 9.47 Å². The van der Waals surface area contributed by atoms with E-state index >= 15 is 0 Å². The number of benzene rings is 2. The molecule has 0 aliphatic heterocycles. The third-order valence-corrected chi connectivity index (χ3v) is 2.53. The van der Waals surface area contributed by atoms with Crippen LogP contribution in [0.2, 0.25) is 0 Å². The highest BCUT2D eigenvalue weighted by molar-refractivity contribution is 5.43. The molecule has 0 unspecified atom stereocenters. The van der Waals surface area contributed by atoms with Crippen LogP contribution >= 0.6 is 0 Å². The summed E-state index contributed by atoms with van der Waals surface area (Å²) in [7, 11) is 0. The van der Waals surface area contributed by atoms with E-state index < -0.39 is 11.7 Å². The van der Waals surface area contributed by atoms with E-state index in [1.807, 2.05) is 13.8 Å². The Balaban J connectivity index is 2.26. The molecule has 0 aliphatic rings. The van der Waals surface area contributed by atoms with Crippen LogP contribution in [0.25, 0.3) is 0 Å². The minimum atomic E-state index is -4.42. The molecule has 0 heterocycles. The highest BCUT2D eigenvalue weighted by atomic mass is 19.4. The molecule has 2 aromatic carbocycles. The second-order valence-corrected chi connectivity index (χ2v) is 4.65. The number of hydrogen-bond donors (Lipinski definition) is 0. The lowest BCUT2D eigenvalue weighted by molar-refractivity contribution is -0.137. The van der Waals surface area contributed by atoms with Crippen LogP contribution in [-0.4, -0.2) is 6.10 Å². The maximum absolute atomic E-state index is 12.7. The van der Waals surface area contributed by atoms with Gasteiger partial charge >= 0.3 is 6.18 Å². The monoisotopic (exact) mass is 295 g/mol. The average Bonchev–Trinajstić information content (AvgIpc) is 2.40. The Morgan fingerprint density at radius 2 is 1.71 bits per heavy atom. The third-order valence-electron chi connectivity index (χ3n) is 2.53. The minimum absolute atomic E-state index is 0.00960. The van der Waals surface area contributed by atoms with Crippen LogP contribution in [0.1, 0.15) is 19.4 Å². The summed E-state index contributed by atoms with van der Waals surface area (Å²) in [5.74, 6) is 0.810. The zero-order chi connectivity index (χ0) is 15.5. The molecule has 0 N–H and O–H groups in total. The molecule has 2 aromatic rings. The molecule has 0 aromatic heterocycles. The number of halogens is 3. The van der Waals surface area contributed by atoms with Crippen molar-refractivity contribution < 1.29 is 22.6 Å². The molecular weight excluding hydrogens is 281 g/mol. The first kappa shape index (κ1) is 15.2. The molecule has 2 nitrogen and oxygen atoms in total. The first-order chi connectivity index (χ1) is 9.86. The Bertz CT molecular complexity index is 606. The van der Waals surface area contributed by atoms with Crippen LogP contribution in [0.4, 0.5) is 13.2 Å². The van der Waals surface area contributed by atoms with Gasteiger partial charge in [0.15, 0.2) is 11.5 Å². The summed E-state index contributed by atoms with van der Waals surface area (Å²) in [4.78, 5) is 0. The van der Waals surface area contributed by atoms with E-state index in [2.05, 4.69) is 6.07 Å². The molecule has 0 amide bonds. The highest BCUT2D eigenvalue weighted by Crippen LogP contribution is 2.35. The Morgan fingerprint density at radius 3 is 2.33 bits per heavy atom. The van der Waals surface area contributed by atoms with Crippen molar-refractivity contribution in [2.75, 3.05) is 0 Å². The van der Waals surface area contributed by atoms with E-state index in [-0.39, 0.29) is 11.9 Å². The van der Waals surface area contributed by atoms with Crippen LogP contribution in [0.5, 0.6) is 17.2 Å². The van der Waals surface area contributed by atoms with Gasteiger partial charge in [-0.2, -0.15) is 13.2 Å². The van der Waals surface area contributed by atoms with Gasteiger partial charge in [0.25, 0.3) is 0 Å². The van der Waals surface area contributed by atoms with E-state index in [0.29, 0.717) is 11.5 Å². The van der Waals surface area contributed by atoms with Gasteiger partial charge in [0, 0.05) is 6.07 Å². The highest BCUT2D eigenvalue weighted by Gasteiger charge is 2.30. The Hall–Kier alpha value is -2.17. The van der Waals surface area contributed by atoms with E-state index in [9.17, 15) is 13.2 Å². The maximum atomic E-state index is 12.7. The maximum Gasteiger partial charge on any atom is 0.416 e. The first-order valence-corrected chi connectivity index (χ1v) is 6.39. The fraction of sp³-hybridized carbons (Fsp3) is 0.250. The zero-order valence-corrected chi connectivity index (χ0v) is 11.6. The van der Waals surface area contributed by atoms with Crippen molar-refractivity contribution in [1.82, 2.24) is 0 Å². The molecule has 0 atom stereocenters. The van der Waals surface area contributed by atoms with Crippen molar-refractivity contribution in [2.24, 2.45) is 0 Å². The number of ether oxygens (including phenoxy) is 2. The van der Waals surface area contributed by atoms with E-state index in [1.54, 1.807) is 24.3 Å². The van der Waals surface area contributed by atoms with Gasteiger partial charge in [0.1, 0.15) is 5.75 Å². The van der Waals surface area contributed by atoms with Crippen LogP contribution < -0.4 is 9.47 Å². The van der Waals surface area contributed by atoms with Gasteiger partial charge in [-0.3, -0.25) is 0 Å². The van der Waals surface area contributed by atoms with Gasteiger partial charge in [-0.25, -0.2) is 0 Å². The molecular formula is C16H14F3O2. The number of para-hydroxylation sites is 2. The lowest BCUT2D eigenvalue weighted by Gasteiger charge is -2.15. The normalized spacial score (nSPS) is 11.5. The van der Waals surface area contributed by atoms with Crippen LogP contribution in [0.15, 0.2) is 42.5 Å². The molecule has 2 rings (SSSR count). The lowest BCUT2D eigenvalue weighted by Crippen LogP contribution is -2.07. The quantitative estimate of drug-likeness (QED) is 0.782. The Kier molecular flexibility index (Phi) is 4.40. The van der Waals surface area contributed by atoms with Crippen molar-refractivity contribution in [1.29, 1.82) is 0 Å². The van der Waals surface area contributed by atoms with Crippen molar-refractivity contribution in [3.63, 3.8) is 0 Å². The molecule has 0 saturated heterocycles. The molecule has 0 aliphatic carbocycles. The second kappa shape index (κ2) is 6.08. The minimum Gasteiger partial charge on any atom is -0.487 e. The van der Waals surface area contributed by atoms with Crippen molar-refractivity contribution in [2.45, 2.75) is 26.1 Å². The van der Waals surface area contributed by atoms with E-state index in [0.717, 1.165) is 12.1 Å². The molecule has 111 valence electrons. The van der Waals surface area contributed by atoms with Crippen LogP contribution in [0.3, 0.4) is 0 Å². The largest absolute Gasteiger partial charge is 0.487 e.